The van der Waals surface area contributed by atoms with Gasteiger partial charge in [-0.15, -0.1) is 0 Å². The molecule has 0 aromatic heterocycles. The molecule has 0 saturated carbocycles. The van der Waals surface area contributed by atoms with Crippen LogP contribution >= 0.6 is 0 Å². The lowest BCUT2D eigenvalue weighted by Gasteiger charge is -2.22. The number of aliphatic hydroxyl groups is 1. The Balaban J connectivity index is 1.69. The number of para-hydroxylation sites is 2. The van der Waals surface area contributed by atoms with E-state index in [2.05, 4.69) is 5.32 Å². The summed E-state index contributed by atoms with van der Waals surface area (Å²) in [6, 6.07) is 16.8. The van der Waals surface area contributed by atoms with Crippen LogP contribution in [0.4, 0.5) is 10.5 Å². The van der Waals surface area contributed by atoms with Crippen molar-refractivity contribution < 1.29 is 19.4 Å². The molecule has 0 aliphatic carbocycles. The molecule has 6 heteroatoms. The normalized spacial score (nSPS) is 19.8. The Morgan fingerprint density at radius 1 is 1.04 bits per heavy atom. The maximum atomic E-state index is 12.5. The van der Waals surface area contributed by atoms with Crippen molar-refractivity contribution in [1.29, 1.82) is 0 Å². The fourth-order valence-electron chi connectivity index (χ4n) is 2.66. The lowest BCUT2D eigenvalue weighted by atomic mass is 10.2. The van der Waals surface area contributed by atoms with E-state index in [0.717, 1.165) is 0 Å². The summed E-state index contributed by atoms with van der Waals surface area (Å²) >= 11 is 0. The molecule has 1 aliphatic heterocycles. The van der Waals surface area contributed by atoms with Gasteiger partial charge in [-0.25, -0.2) is 4.79 Å². The summed E-state index contributed by atoms with van der Waals surface area (Å²) in [4.78, 5) is 26.1. The van der Waals surface area contributed by atoms with Gasteiger partial charge in [0.15, 0.2) is 0 Å². The van der Waals surface area contributed by atoms with Crippen molar-refractivity contribution in [2.24, 2.45) is 0 Å². The number of amides is 2. The van der Waals surface area contributed by atoms with Crippen LogP contribution < -0.4 is 10.1 Å². The minimum absolute atomic E-state index is 0.0680. The molecule has 0 spiro atoms. The minimum Gasteiger partial charge on any atom is -0.410 e. The zero-order valence-electron chi connectivity index (χ0n) is 13.0. The Bertz CT molecular complexity index is 644. The molecule has 1 aliphatic rings. The first-order valence-electron chi connectivity index (χ1n) is 7.71. The van der Waals surface area contributed by atoms with Crippen LogP contribution in [0.3, 0.4) is 0 Å². The molecule has 124 valence electrons. The van der Waals surface area contributed by atoms with Crippen LogP contribution in [0.2, 0.25) is 0 Å². The van der Waals surface area contributed by atoms with Crippen LogP contribution in [-0.2, 0) is 4.79 Å². The molecule has 6 nitrogen and oxygen atoms in total. The third kappa shape index (κ3) is 3.72. The smallest absolute Gasteiger partial charge is 0.410 e. The highest BCUT2D eigenvalue weighted by atomic mass is 16.6. The molecule has 0 unspecified atom stereocenters. The van der Waals surface area contributed by atoms with Gasteiger partial charge in [-0.05, 0) is 24.3 Å². The molecule has 2 amide bonds. The molecule has 1 heterocycles. The van der Waals surface area contributed by atoms with Crippen molar-refractivity contribution in [1.82, 2.24) is 4.90 Å². The van der Waals surface area contributed by atoms with E-state index in [-0.39, 0.29) is 18.9 Å². The number of hydrogen-bond donors (Lipinski definition) is 2. The average Bonchev–Trinajstić information content (AvgIpc) is 2.99. The van der Waals surface area contributed by atoms with E-state index in [1.807, 2.05) is 12.1 Å². The highest BCUT2D eigenvalue weighted by Crippen LogP contribution is 2.22. The third-order valence-corrected chi connectivity index (χ3v) is 3.81. The van der Waals surface area contributed by atoms with Gasteiger partial charge in [0.2, 0.25) is 5.91 Å². The molecule has 1 saturated heterocycles. The first-order chi connectivity index (χ1) is 11.6. The zero-order chi connectivity index (χ0) is 16.9. The topological polar surface area (TPSA) is 78.9 Å². The van der Waals surface area contributed by atoms with E-state index in [9.17, 15) is 14.7 Å². The van der Waals surface area contributed by atoms with Crippen molar-refractivity contribution >= 4 is 17.7 Å². The number of carbonyl (C=O) groups excluding carboxylic acids is 2. The molecule has 24 heavy (non-hydrogen) atoms. The Morgan fingerprint density at radius 2 is 1.67 bits per heavy atom. The second kappa shape index (κ2) is 7.14. The summed E-state index contributed by atoms with van der Waals surface area (Å²) in [5.41, 5.74) is 0.639. The molecule has 3 rings (SSSR count). The average molecular weight is 326 g/mol. The summed E-state index contributed by atoms with van der Waals surface area (Å²) in [5.74, 6) is 0.0499. The summed E-state index contributed by atoms with van der Waals surface area (Å²) in [7, 11) is 0. The number of nitrogens with zero attached hydrogens (tertiary/aromatic N) is 1. The van der Waals surface area contributed by atoms with E-state index in [1.165, 1.54) is 4.90 Å². The molecule has 2 atom stereocenters. The largest absolute Gasteiger partial charge is 0.416 e. The van der Waals surface area contributed by atoms with Gasteiger partial charge in [-0.1, -0.05) is 36.4 Å². The predicted octanol–water partition coefficient (Wildman–Crippen LogP) is 2.26. The van der Waals surface area contributed by atoms with Crippen molar-refractivity contribution in [3.63, 3.8) is 0 Å². The number of likely N-dealkylation sites (tertiary alicyclic amines) is 1. The van der Waals surface area contributed by atoms with Gasteiger partial charge in [0, 0.05) is 12.1 Å². The van der Waals surface area contributed by atoms with Crippen LogP contribution in [0.1, 0.15) is 6.42 Å². The van der Waals surface area contributed by atoms with E-state index in [1.54, 1.807) is 48.5 Å². The van der Waals surface area contributed by atoms with E-state index in [0.29, 0.717) is 11.4 Å². The van der Waals surface area contributed by atoms with Crippen LogP contribution in [0.5, 0.6) is 5.75 Å². The monoisotopic (exact) mass is 326 g/mol. The summed E-state index contributed by atoms with van der Waals surface area (Å²) in [6.07, 6.45) is -1.21. The summed E-state index contributed by atoms with van der Waals surface area (Å²) in [6.45, 7) is 0.0680. The third-order valence-electron chi connectivity index (χ3n) is 3.81. The Hall–Kier alpha value is -2.86. The van der Waals surface area contributed by atoms with Crippen LogP contribution in [0.15, 0.2) is 60.7 Å². The standard InChI is InChI=1S/C18H18N2O4/c21-14-11-16(17(22)19-13-7-3-1-4-8-13)20(12-14)18(23)24-15-9-5-2-6-10-15/h1-10,14,16,21H,11-12H2,(H,19,22)/t14-,16-/m0/s1. The number of hydrogen-bond acceptors (Lipinski definition) is 4. The maximum Gasteiger partial charge on any atom is 0.416 e. The molecular formula is C18H18N2O4. The highest BCUT2D eigenvalue weighted by Gasteiger charge is 2.40. The van der Waals surface area contributed by atoms with E-state index < -0.39 is 18.2 Å². The van der Waals surface area contributed by atoms with Gasteiger partial charge in [0.25, 0.3) is 0 Å². The quantitative estimate of drug-likeness (QED) is 0.907. The molecule has 1 fully saturated rings. The lowest BCUT2D eigenvalue weighted by Crippen LogP contribution is -2.44. The van der Waals surface area contributed by atoms with Gasteiger partial charge in [0.1, 0.15) is 11.8 Å². The predicted molar refractivity (Wildman–Crippen MR) is 88.7 cm³/mol. The second-order valence-electron chi connectivity index (χ2n) is 5.59. The number of rotatable bonds is 3. The molecule has 2 aromatic rings. The van der Waals surface area contributed by atoms with Crippen molar-refractivity contribution in [3.8, 4) is 5.75 Å². The van der Waals surface area contributed by atoms with Gasteiger partial charge >= 0.3 is 6.09 Å². The van der Waals surface area contributed by atoms with Crippen LogP contribution in [-0.4, -0.2) is 40.7 Å². The maximum absolute atomic E-state index is 12.5. The number of aliphatic hydroxyl groups excluding tert-OH is 1. The number of β-amino-alcohol motifs (C(OH)–C–C–N with tert-alkyl or cyclic N) is 1. The fraction of sp³-hybridized carbons (Fsp3) is 0.222. The van der Waals surface area contributed by atoms with Gasteiger partial charge < -0.3 is 15.2 Å². The van der Waals surface area contributed by atoms with Crippen molar-refractivity contribution in [2.75, 3.05) is 11.9 Å². The number of anilines is 1. The van der Waals surface area contributed by atoms with E-state index >= 15 is 0 Å². The Kier molecular flexibility index (Phi) is 4.77. The minimum atomic E-state index is -0.767. The van der Waals surface area contributed by atoms with Crippen molar-refractivity contribution in [3.05, 3.63) is 60.7 Å². The first kappa shape index (κ1) is 16.0. The molecule has 2 N–H and O–H groups in total. The van der Waals surface area contributed by atoms with Crippen LogP contribution in [0, 0.1) is 0 Å². The molecule has 2 aromatic carbocycles. The highest BCUT2D eigenvalue weighted by molar-refractivity contribution is 5.97. The lowest BCUT2D eigenvalue weighted by molar-refractivity contribution is -0.119. The Morgan fingerprint density at radius 3 is 2.33 bits per heavy atom. The van der Waals surface area contributed by atoms with Gasteiger partial charge in [-0.2, -0.15) is 0 Å². The number of nitrogens with one attached hydrogen (secondary N) is 1. The molecular weight excluding hydrogens is 308 g/mol. The number of carbonyl (C=O) groups is 2. The first-order valence-corrected chi connectivity index (χ1v) is 7.71. The second-order valence-corrected chi connectivity index (χ2v) is 5.59. The molecule has 0 radical (unpaired) electrons. The summed E-state index contributed by atoms with van der Waals surface area (Å²) < 4.78 is 5.27. The zero-order valence-corrected chi connectivity index (χ0v) is 13.0. The fourth-order valence-corrected chi connectivity index (χ4v) is 2.66. The number of benzene rings is 2. The summed E-state index contributed by atoms with van der Waals surface area (Å²) in [5, 5.41) is 12.6. The van der Waals surface area contributed by atoms with Crippen LogP contribution in [0.25, 0.3) is 0 Å². The van der Waals surface area contributed by atoms with Gasteiger partial charge in [0.05, 0.1) is 12.6 Å². The van der Waals surface area contributed by atoms with Crippen molar-refractivity contribution in [2.45, 2.75) is 18.6 Å². The number of ether oxygens (including phenoxy) is 1. The van der Waals surface area contributed by atoms with E-state index in [4.69, 9.17) is 4.74 Å². The SMILES string of the molecule is O=C(Nc1ccccc1)[C@@H]1C[C@H](O)CN1C(=O)Oc1ccccc1. The Labute approximate surface area is 139 Å². The van der Waals surface area contributed by atoms with Gasteiger partial charge in [-0.3, -0.25) is 9.69 Å². The molecule has 0 bridgehead atoms.